The molecule has 0 bridgehead atoms. The van der Waals surface area contributed by atoms with Crippen LogP contribution in [0.2, 0.25) is 0 Å². The maximum Gasteiger partial charge on any atom is 0.151 e. The van der Waals surface area contributed by atoms with Crippen molar-refractivity contribution in [2.75, 3.05) is 11.5 Å². The lowest BCUT2D eigenvalue weighted by molar-refractivity contribution is 0.193. The fraction of sp³-hybridized carbons (Fsp3) is 0.471. The zero-order valence-corrected chi connectivity index (χ0v) is 13.6. The first-order chi connectivity index (χ1) is 11.0. The van der Waals surface area contributed by atoms with Crippen molar-refractivity contribution in [1.29, 1.82) is 0 Å². The van der Waals surface area contributed by atoms with Crippen molar-refractivity contribution >= 4 is 20.7 Å². The summed E-state index contributed by atoms with van der Waals surface area (Å²) in [6, 6.07) is 7.16. The lowest BCUT2D eigenvalue weighted by atomic mass is 10.1. The Hall–Kier alpha value is -1.53. The van der Waals surface area contributed by atoms with E-state index in [0.717, 1.165) is 29.3 Å². The molecule has 0 radical (unpaired) electrons. The number of aromatic nitrogens is 1. The Kier molecular flexibility index (Phi) is 3.61. The molecule has 1 aromatic heterocycles. The van der Waals surface area contributed by atoms with E-state index in [-0.39, 0.29) is 23.4 Å². The average Bonchev–Trinajstić information content (AvgIpc) is 3.28. The van der Waals surface area contributed by atoms with Crippen LogP contribution in [0, 0.1) is 5.82 Å². The number of pyridine rings is 1. The van der Waals surface area contributed by atoms with Gasteiger partial charge >= 0.3 is 0 Å². The molecule has 122 valence electrons. The molecule has 2 fully saturated rings. The number of hydrogen-bond donors (Lipinski definition) is 0. The smallest absolute Gasteiger partial charge is 0.151 e. The predicted octanol–water partition coefficient (Wildman–Crippen LogP) is 2.53. The number of nitrogens with zero attached hydrogens (tertiary/aromatic N) is 2. The molecule has 4 rings (SSSR count). The molecule has 0 N–H and O–H groups in total. The van der Waals surface area contributed by atoms with Gasteiger partial charge < -0.3 is 0 Å². The van der Waals surface area contributed by atoms with E-state index < -0.39 is 9.84 Å². The fourth-order valence-corrected chi connectivity index (χ4v) is 5.29. The third kappa shape index (κ3) is 3.10. The largest absolute Gasteiger partial charge is 0.292 e. The predicted molar refractivity (Wildman–Crippen MR) is 87.3 cm³/mol. The quantitative estimate of drug-likeness (QED) is 0.862. The second kappa shape index (κ2) is 5.53. The number of sulfone groups is 1. The molecule has 1 atom stereocenters. The zero-order chi connectivity index (χ0) is 16.0. The molecule has 1 unspecified atom stereocenters. The number of fused-ring (bicyclic) bond motifs is 1. The summed E-state index contributed by atoms with van der Waals surface area (Å²) in [7, 11) is -2.92. The monoisotopic (exact) mass is 334 g/mol. The summed E-state index contributed by atoms with van der Waals surface area (Å²) in [5.74, 6) is 0.225. The zero-order valence-electron chi connectivity index (χ0n) is 12.8. The summed E-state index contributed by atoms with van der Waals surface area (Å²) in [5, 5.41) is 0.789. The minimum Gasteiger partial charge on any atom is -0.292 e. The van der Waals surface area contributed by atoms with Gasteiger partial charge in [0.2, 0.25) is 0 Å². The van der Waals surface area contributed by atoms with Gasteiger partial charge in [-0.1, -0.05) is 6.07 Å². The summed E-state index contributed by atoms with van der Waals surface area (Å²) >= 11 is 0. The maximum absolute atomic E-state index is 13.9. The summed E-state index contributed by atoms with van der Waals surface area (Å²) in [6.07, 6.45) is 4.58. The van der Waals surface area contributed by atoms with Crippen molar-refractivity contribution in [3.63, 3.8) is 0 Å². The van der Waals surface area contributed by atoms with Crippen LogP contribution in [0.3, 0.4) is 0 Å². The van der Waals surface area contributed by atoms with Gasteiger partial charge in [-0.2, -0.15) is 0 Å². The van der Waals surface area contributed by atoms with Crippen LogP contribution in [0.1, 0.15) is 24.8 Å². The SMILES string of the molecule is O=S1(=O)CCC(N(Cc2cc(F)cc3cccnc23)C2CC2)C1. The highest BCUT2D eigenvalue weighted by Gasteiger charge is 2.39. The van der Waals surface area contributed by atoms with Crippen LogP contribution >= 0.6 is 0 Å². The highest BCUT2D eigenvalue weighted by molar-refractivity contribution is 7.91. The van der Waals surface area contributed by atoms with E-state index in [9.17, 15) is 12.8 Å². The summed E-state index contributed by atoms with van der Waals surface area (Å²) in [6.45, 7) is 0.566. The lowest BCUT2D eigenvalue weighted by Crippen LogP contribution is -2.37. The van der Waals surface area contributed by atoms with Gasteiger partial charge in [0.25, 0.3) is 0 Å². The first-order valence-electron chi connectivity index (χ1n) is 8.01. The molecule has 0 amide bonds. The Morgan fingerprint density at radius 3 is 2.74 bits per heavy atom. The van der Waals surface area contributed by atoms with Gasteiger partial charge in [0, 0.05) is 30.2 Å². The van der Waals surface area contributed by atoms with Crippen LogP contribution in [0.5, 0.6) is 0 Å². The van der Waals surface area contributed by atoms with Gasteiger partial charge in [-0.25, -0.2) is 12.8 Å². The first kappa shape index (κ1) is 15.0. The van der Waals surface area contributed by atoms with Gasteiger partial charge in [-0.05, 0) is 43.0 Å². The van der Waals surface area contributed by atoms with Crippen molar-refractivity contribution in [1.82, 2.24) is 9.88 Å². The molecule has 1 aromatic carbocycles. The molecule has 4 nitrogen and oxygen atoms in total. The van der Waals surface area contributed by atoms with Gasteiger partial charge in [-0.3, -0.25) is 9.88 Å². The van der Waals surface area contributed by atoms with Crippen LogP contribution < -0.4 is 0 Å². The molecular formula is C17H19FN2O2S. The summed E-state index contributed by atoms with van der Waals surface area (Å²) in [5.41, 5.74) is 1.65. The topological polar surface area (TPSA) is 50.3 Å². The molecule has 6 heteroatoms. The molecule has 2 aromatic rings. The van der Waals surface area contributed by atoms with Crippen molar-refractivity contribution in [2.45, 2.75) is 37.9 Å². The van der Waals surface area contributed by atoms with Gasteiger partial charge in [0.1, 0.15) is 5.82 Å². The molecule has 1 saturated heterocycles. The summed E-state index contributed by atoms with van der Waals surface area (Å²) in [4.78, 5) is 6.66. The number of rotatable bonds is 4. The molecular weight excluding hydrogens is 315 g/mol. The Morgan fingerprint density at radius 2 is 2.04 bits per heavy atom. The molecule has 1 aliphatic heterocycles. The minimum atomic E-state index is -2.92. The Bertz CT molecular complexity index is 849. The van der Waals surface area contributed by atoms with Crippen LogP contribution in [0.25, 0.3) is 10.9 Å². The molecule has 1 saturated carbocycles. The second-order valence-electron chi connectivity index (χ2n) is 6.60. The Morgan fingerprint density at radius 1 is 1.22 bits per heavy atom. The first-order valence-corrected chi connectivity index (χ1v) is 9.83. The van der Waals surface area contributed by atoms with E-state index in [1.54, 1.807) is 12.3 Å². The number of hydrogen-bond acceptors (Lipinski definition) is 4. The highest BCUT2D eigenvalue weighted by Crippen LogP contribution is 2.34. The molecule has 23 heavy (non-hydrogen) atoms. The maximum atomic E-state index is 13.9. The normalized spacial score (nSPS) is 23.7. The van der Waals surface area contributed by atoms with E-state index in [0.29, 0.717) is 19.0 Å². The second-order valence-corrected chi connectivity index (χ2v) is 8.83. The number of halogens is 1. The van der Waals surface area contributed by atoms with E-state index in [4.69, 9.17) is 0 Å². The van der Waals surface area contributed by atoms with E-state index >= 15 is 0 Å². The van der Waals surface area contributed by atoms with Gasteiger partial charge in [0.15, 0.2) is 9.84 Å². The van der Waals surface area contributed by atoms with E-state index in [1.165, 1.54) is 12.1 Å². The molecule has 2 aliphatic rings. The van der Waals surface area contributed by atoms with E-state index in [2.05, 4.69) is 9.88 Å². The van der Waals surface area contributed by atoms with Crippen molar-refractivity contribution in [3.8, 4) is 0 Å². The Balaban J connectivity index is 1.68. The standard InChI is InChI=1S/C17H19FN2O2S/c18-14-8-12-2-1-6-19-17(12)13(9-14)10-20(15-3-4-15)16-5-7-23(21,22)11-16/h1-2,6,8-9,15-16H,3-5,7,10-11H2. The van der Waals surface area contributed by atoms with Crippen LogP contribution in [-0.2, 0) is 16.4 Å². The third-order valence-electron chi connectivity index (χ3n) is 4.79. The molecule has 2 heterocycles. The highest BCUT2D eigenvalue weighted by atomic mass is 32.2. The average molecular weight is 334 g/mol. The number of benzene rings is 1. The van der Waals surface area contributed by atoms with Gasteiger partial charge in [0.05, 0.1) is 17.0 Å². The molecule has 1 aliphatic carbocycles. The minimum absolute atomic E-state index is 0.0505. The Labute approximate surface area is 135 Å². The van der Waals surface area contributed by atoms with Crippen LogP contribution in [0.15, 0.2) is 30.5 Å². The van der Waals surface area contributed by atoms with Crippen molar-refractivity contribution in [2.24, 2.45) is 0 Å². The third-order valence-corrected chi connectivity index (χ3v) is 6.55. The van der Waals surface area contributed by atoms with Crippen molar-refractivity contribution in [3.05, 3.63) is 41.8 Å². The van der Waals surface area contributed by atoms with Crippen LogP contribution in [-0.4, -0.2) is 41.9 Å². The van der Waals surface area contributed by atoms with E-state index in [1.807, 2.05) is 6.07 Å². The summed E-state index contributed by atoms with van der Waals surface area (Å²) < 4.78 is 37.5. The lowest BCUT2D eigenvalue weighted by Gasteiger charge is -2.28. The molecule has 0 spiro atoms. The van der Waals surface area contributed by atoms with Gasteiger partial charge in [-0.15, -0.1) is 0 Å². The van der Waals surface area contributed by atoms with Crippen LogP contribution in [0.4, 0.5) is 4.39 Å². The fourth-order valence-electron chi connectivity index (χ4n) is 3.54. The van der Waals surface area contributed by atoms with Crippen molar-refractivity contribution < 1.29 is 12.8 Å².